The van der Waals surface area contributed by atoms with Gasteiger partial charge in [0.2, 0.25) is 0 Å². The third-order valence-electron chi connectivity index (χ3n) is 4.07. The van der Waals surface area contributed by atoms with Gasteiger partial charge in [0.05, 0.1) is 21.8 Å². The fourth-order valence-electron chi connectivity index (χ4n) is 2.67. The topological polar surface area (TPSA) is 127 Å². The van der Waals surface area contributed by atoms with Crippen molar-refractivity contribution in [1.29, 1.82) is 0 Å². The van der Waals surface area contributed by atoms with E-state index >= 15 is 0 Å². The van der Waals surface area contributed by atoms with Crippen LogP contribution in [0.25, 0.3) is 0 Å². The van der Waals surface area contributed by atoms with Crippen LogP contribution < -0.4 is 14.8 Å². The van der Waals surface area contributed by atoms with Gasteiger partial charge in [0, 0.05) is 12.3 Å². The maximum Gasteiger partial charge on any atom is 0.268 e. The van der Waals surface area contributed by atoms with Gasteiger partial charge in [-0.05, 0) is 39.3 Å². The number of carbonyl (C=O) groups is 2. The predicted octanol–water partition coefficient (Wildman–Crippen LogP) is 1.24. The van der Waals surface area contributed by atoms with E-state index in [2.05, 4.69) is 15.3 Å². The molecule has 9 nitrogen and oxygen atoms in total. The summed E-state index contributed by atoms with van der Waals surface area (Å²) in [6.45, 7) is 6.37. The van der Waals surface area contributed by atoms with E-state index in [0.29, 0.717) is 22.8 Å². The molecule has 2 heterocycles. The average Bonchev–Trinajstić information content (AvgIpc) is 2.55. The predicted molar refractivity (Wildman–Crippen MR) is 96.1 cm³/mol. The van der Waals surface area contributed by atoms with Gasteiger partial charge in [-0.25, -0.2) is 23.1 Å². The van der Waals surface area contributed by atoms with Crippen molar-refractivity contribution in [3.63, 3.8) is 0 Å². The zero-order chi connectivity index (χ0) is 19.9. The van der Waals surface area contributed by atoms with Crippen LogP contribution in [0.15, 0.2) is 23.2 Å². The molecule has 1 aromatic carbocycles. The van der Waals surface area contributed by atoms with E-state index in [0.717, 1.165) is 0 Å². The summed E-state index contributed by atoms with van der Waals surface area (Å²) < 4.78 is 32.9. The lowest BCUT2D eigenvalue weighted by Crippen LogP contribution is -2.35. The number of nitrogens with zero attached hydrogens (tertiary/aromatic N) is 2. The summed E-state index contributed by atoms with van der Waals surface area (Å²) in [5, 5.41) is 2.65. The fourth-order valence-corrected chi connectivity index (χ4v) is 3.88. The Labute approximate surface area is 156 Å². The number of fused-ring (bicyclic) bond motifs is 1. The molecule has 0 bridgehead atoms. The molecule has 1 aromatic heterocycles. The molecule has 3 rings (SSSR count). The molecule has 10 heteroatoms. The molecule has 2 amide bonds. The van der Waals surface area contributed by atoms with Crippen molar-refractivity contribution >= 4 is 27.5 Å². The standard InChI is InChI=1S/C17H18N4O5S/c1-8-5-13-14(26-10(3)16(22)20-13)6-15(8)27(24,25)21-17(23)12-7-18-11(4)19-9(12)2/h5-7,10H,1-4H3,(H,20,22)(H,21,23)/t10-/m1/s1. The zero-order valence-electron chi connectivity index (χ0n) is 15.2. The molecule has 1 aliphatic heterocycles. The first kappa shape index (κ1) is 18.8. The van der Waals surface area contributed by atoms with Crippen LogP contribution in [0.2, 0.25) is 0 Å². The van der Waals surface area contributed by atoms with Crippen LogP contribution in [0.4, 0.5) is 5.69 Å². The maximum absolute atomic E-state index is 12.7. The number of benzene rings is 1. The Balaban J connectivity index is 1.94. The minimum absolute atomic E-state index is 0.0666. The summed E-state index contributed by atoms with van der Waals surface area (Å²) in [6.07, 6.45) is 0.528. The van der Waals surface area contributed by atoms with Gasteiger partial charge in [-0.1, -0.05) is 0 Å². The van der Waals surface area contributed by atoms with E-state index in [1.54, 1.807) is 27.7 Å². The van der Waals surface area contributed by atoms with E-state index < -0.39 is 22.0 Å². The van der Waals surface area contributed by atoms with Crippen molar-refractivity contribution in [3.05, 3.63) is 41.0 Å². The minimum Gasteiger partial charge on any atom is -0.479 e. The molecule has 0 saturated carbocycles. The van der Waals surface area contributed by atoms with Crippen molar-refractivity contribution in [1.82, 2.24) is 14.7 Å². The maximum atomic E-state index is 12.7. The van der Waals surface area contributed by atoms with Crippen molar-refractivity contribution in [2.45, 2.75) is 38.7 Å². The van der Waals surface area contributed by atoms with E-state index in [4.69, 9.17) is 4.74 Å². The van der Waals surface area contributed by atoms with Gasteiger partial charge in [0.25, 0.3) is 21.8 Å². The lowest BCUT2D eigenvalue weighted by Gasteiger charge is -2.24. The molecule has 0 unspecified atom stereocenters. The largest absolute Gasteiger partial charge is 0.479 e. The quantitative estimate of drug-likeness (QED) is 0.807. The van der Waals surface area contributed by atoms with E-state index in [1.165, 1.54) is 18.3 Å². The lowest BCUT2D eigenvalue weighted by molar-refractivity contribution is -0.122. The number of hydrogen-bond donors (Lipinski definition) is 2. The Morgan fingerprint density at radius 2 is 1.96 bits per heavy atom. The number of anilines is 1. The highest BCUT2D eigenvalue weighted by Crippen LogP contribution is 2.34. The molecule has 1 aliphatic rings. The van der Waals surface area contributed by atoms with Gasteiger partial charge in [0.15, 0.2) is 6.10 Å². The Bertz CT molecular complexity index is 1070. The Kier molecular flexibility index (Phi) is 4.60. The van der Waals surface area contributed by atoms with Crippen molar-refractivity contribution in [2.24, 2.45) is 0 Å². The van der Waals surface area contributed by atoms with Crippen LogP contribution in [0.1, 0.15) is 34.4 Å². The van der Waals surface area contributed by atoms with Gasteiger partial charge in [-0.3, -0.25) is 9.59 Å². The molecule has 27 heavy (non-hydrogen) atoms. The van der Waals surface area contributed by atoms with E-state index in [1.807, 2.05) is 4.72 Å². The number of aryl methyl sites for hydroxylation is 3. The molecular formula is C17H18N4O5S. The number of nitrogens with one attached hydrogen (secondary N) is 2. The smallest absolute Gasteiger partial charge is 0.268 e. The highest BCUT2D eigenvalue weighted by Gasteiger charge is 2.28. The summed E-state index contributed by atoms with van der Waals surface area (Å²) in [5.74, 6) is -0.450. The van der Waals surface area contributed by atoms with E-state index in [-0.39, 0.29) is 22.1 Å². The minimum atomic E-state index is -4.18. The van der Waals surface area contributed by atoms with Crippen molar-refractivity contribution in [3.8, 4) is 5.75 Å². The number of aromatic nitrogens is 2. The van der Waals surface area contributed by atoms with Gasteiger partial charge < -0.3 is 10.1 Å². The van der Waals surface area contributed by atoms with Crippen LogP contribution in [-0.2, 0) is 14.8 Å². The third kappa shape index (κ3) is 3.61. The summed E-state index contributed by atoms with van der Waals surface area (Å²) in [7, 11) is -4.18. The number of hydrogen-bond acceptors (Lipinski definition) is 7. The lowest BCUT2D eigenvalue weighted by atomic mass is 10.1. The first-order chi connectivity index (χ1) is 12.6. The number of sulfonamides is 1. The van der Waals surface area contributed by atoms with Gasteiger partial charge in [0.1, 0.15) is 11.6 Å². The monoisotopic (exact) mass is 390 g/mol. The highest BCUT2D eigenvalue weighted by molar-refractivity contribution is 7.90. The highest BCUT2D eigenvalue weighted by atomic mass is 32.2. The van der Waals surface area contributed by atoms with Gasteiger partial charge in [-0.2, -0.15) is 0 Å². The molecule has 2 aromatic rings. The first-order valence-electron chi connectivity index (χ1n) is 8.08. The molecule has 2 N–H and O–H groups in total. The molecule has 1 atom stereocenters. The van der Waals surface area contributed by atoms with Crippen LogP contribution in [0.5, 0.6) is 5.75 Å². The Morgan fingerprint density at radius 3 is 2.63 bits per heavy atom. The fraction of sp³-hybridized carbons (Fsp3) is 0.294. The Hall–Kier alpha value is -3.01. The second-order valence-corrected chi connectivity index (χ2v) is 7.86. The zero-order valence-corrected chi connectivity index (χ0v) is 16.0. The number of carbonyl (C=O) groups excluding carboxylic acids is 2. The first-order valence-corrected chi connectivity index (χ1v) is 9.56. The Morgan fingerprint density at radius 1 is 1.26 bits per heavy atom. The van der Waals surface area contributed by atoms with Crippen LogP contribution in [0.3, 0.4) is 0 Å². The SMILES string of the molecule is Cc1ncc(C(=O)NS(=O)(=O)c2cc3c(cc2C)NC(=O)[C@@H](C)O3)c(C)n1. The molecule has 0 aliphatic carbocycles. The number of amides is 2. The molecule has 0 fully saturated rings. The van der Waals surface area contributed by atoms with E-state index in [9.17, 15) is 18.0 Å². The molecule has 0 saturated heterocycles. The van der Waals surface area contributed by atoms with Crippen LogP contribution >= 0.6 is 0 Å². The van der Waals surface area contributed by atoms with Gasteiger partial charge >= 0.3 is 0 Å². The number of ether oxygens (including phenoxy) is 1. The summed E-state index contributed by atoms with van der Waals surface area (Å²) in [4.78, 5) is 32.0. The van der Waals surface area contributed by atoms with Crippen LogP contribution in [0, 0.1) is 20.8 Å². The van der Waals surface area contributed by atoms with Crippen molar-refractivity contribution in [2.75, 3.05) is 5.32 Å². The second kappa shape index (κ2) is 6.62. The molecule has 142 valence electrons. The molecular weight excluding hydrogens is 372 g/mol. The number of rotatable bonds is 3. The van der Waals surface area contributed by atoms with Crippen molar-refractivity contribution < 1.29 is 22.7 Å². The average molecular weight is 390 g/mol. The summed E-state index contributed by atoms with van der Waals surface area (Å²) >= 11 is 0. The van der Waals surface area contributed by atoms with Crippen LogP contribution in [-0.4, -0.2) is 36.3 Å². The molecule has 0 spiro atoms. The van der Waals surface area contributed by atoms with Gasteiger partial charge in [-0.15, -0.1) is 0 Å². The summed E-state index contributed by atoms with van der Waals surface area (Å²) in [6, 6.07) is 2.77. The third-order valence-corrected chi connectivity index (χ3v) is 5.54. The normalized spacial score (nSPS) is 16.1. The molecule has 0 radical (unpaired) electrons. The second-order valence-electron chi connectivity index (χ2n) is 6.21. The summed E-state index contributed by atoms with van der Waals surface area (Å²) in [5.41, 5.74) is 1.17.